The Labute approximate surface area is 110 Å². The number of rotatable bonds is 3. The Bertz CT molecular complexity index is 582. The van der Waals surface area contributed by atoms with Gasteiger partial charge in [-0.1, -0.05) is 13.0 Å². The van der Waals surface area contributed by atoms with Crippen molar-refractivity contribution in [3.8, 4) is 23.0 Å². The maximum Gasteiger partial charge on any atom is 0.251 e. The van der Waals surface area contributed by atoms with Crippen LogP contribution in [0.5, 0.6) is 11.5 Å². The number of para-hydroxylation sites is 1. The van der Waals surface area contributed by atoms with Crippen LogP contribution in [-0.4, -0.2) is 23.4 Å². The molecule has 6 heteroatoms. The predicted octanol–water partition coefficient (Wildman–Crippen LogP) is 1.92. The molecule has 0 bridgehead atoms. The van der Waals surface area contributed by atoms with Crippen LogP contribution in [0.2, 0.25) is 0 Å². The van der Waals surface area contributed by atoms with E-state index in [1.807, 2.05) is 25.1 Å². The highest BCUT2D eigenvalue weighted by molar-refractivity contribution is 5.67. The molecule has 0 spiro atoms. The van der Waals surface area contributed by atoms with Crippen LogP contribution in [0, 0.1) is 0 Å². The first-order chi connectivity index (χ1) is 9.29. The molecule has 0 saturated carbocycles. The zero-order valence-corrected chi connectivity index (χ0v) is 10.6. The fourth-order valence-corrected chi connectivity index (χ4v) is 1.91. The minimum absolute atomic E-state index is 0.238. The van der Waals surface area contributed by atoms with Gasteiger partial charge in [-0.05, 0) is 18.6 Å². The van der Waals surface area contributed by atoms with E-state index in [-0.39, 0.29) is 6.04 Å². The second-order valence-electron chi connectivity index (χ2n) is 4.29. The lowest BCUT2D eigenvalue weighted by atomic mass is 10.2. The Morgan fingerprint density at radius 2 is 2.11 bits per heavy atom. The van der Waals surface area contributed by atoms with Crippen molar-refractivity contribution in [2.45, 2.75) is 19.4 Å². The van der Waals surface area contributed by atoms with E-state index in [9.17, 15) is 0 Å². The van der Waals surface area contributed by atoms with E-state index in [1.165, 1.54) is 0 Å². The first-order valence-corrected chi connectivity index (χ1v) is 6.27. The van der Waals surface area contributed by atoms with Crippen molar-refractivity contribution < 1.29 is 13.9 Å². The summed E-state index contributed by atoms with van der Waals surface area (Å²) in [7, 11) is 0. The number of nitrogens with zero attached hydrogens (tertiary/aromatic N) is 2. The first-order valence-electron chi connectivity index (χ1n) is 6.27. The Kier molecular flexibility index (Phi) is 3.08. The standard InChI is InChI=1S/C13H15N3O3/c1-2-9(14)13-16-15-12(19-13)8-4-3-5-10-11(8)18-7-6-17-10/h3-5,9H,2,6-7,14H2,1H3. The molecular formula is C13H15N3O3. The van der Waals surface area contributed by atoms with E-state index >= 15 is 0 Å². The number of hydrogen-bond acceptors (Lipinski definition) is 6. The van der Waals surface area contributed by atoms with Gasteiger partial charge in [0.2, 0.25) is 5.89 Å². The van der Waals surface area contributed by atoms with Crippen LogP contribution in [0.4, 0.5) is 0 Å². The quantitative estimate of drug-likeness (QED) is 0.908. The molecule has 0 saturated heterocycles. The SMILES string of the molecule is CCC(N)c1nnc(-c2cccc3c2OCCO3)o1. The largest absolute Gasteiger partial charge is 0.486 e. The van der Waals surface area contributed by atoms with E-state index in [1.54, 1.807) is 0 Å². The maximum absolute atomic E-state index is 5.87. The van der Waals surface area contributed by atoms with Crippen LogP contribution in [0.3, 0.4) is 0 Å². The van der Waals surface area contributed by atoms with Gasteiger partial charge in [-0.2, -0.15) is 0 Å². The van der Waals surface area contributed by atoms with Gasteiger partial charge in [0, 0.05) is 0 Å². The Balaban J connectivity index is 2.00. The molecule has 3 rings (SSSR count). The second kappa shape index (κ2) is 4.89. The number of aromatic nitrogens is 2. The lowest BCUT2D eigenvalue weighted by Gasteiger charge is -2.19. The van der Waals surface area contributed by atoms with Crippen molar-refractivity contribution in [2.24, 2.45) is 5.73 Å². The molecule has 2 heterocycles. The van der Waals surface area contributed by atoms with Crippen LogP contribution in [0.15, 0.2) is 22.6 Å². The molecular weight excluding hydrogens is 246 g/mol. The normalized spacial score (nSPS) is 15.3. The monoisotopic (exact) mass is 261 g/mol. The van der Waals surface area contributed by atoms with Crippen LogP contribution in [0.25, 0.3) is 11.5 Å². The summed E-state index contributed by atoms with van der Waals surface area (Å²) < 4.78 is 16.7. The van der Waals surface area contributed by atoms with Crippen molar-refractivity contribution in [2.75, 3.05) is 13.2 Å². The summed E-state index contributed by atoms with van der Waals surface area (Å²) in [5, 5.41) is 8.01. The summed E-state index contributed by atoms with van der Waals surface area (Å²) in [4.78, 5) is 0. The van der Waals surface area contributed by atoms with Crippen LogP contribution in [-0.2, 0) is 0 Å². The lowest BCUT2D eigenvalue weighted by Crippen LogP contribution is -2.15. The van der Waals surface area contributed by atoms with Crippen LogP contribution in [0.1, 0.15) is 25.3 Å². The first kappa shape index (κ1) is 12.0. The molecule has 1 aromatic heterocycles. The van der Waals surface area contributed by atoms with Crippen LogP contribution < -0.4 is 15.2 Å². The fourth-order valence-electron chi connectivity index (χ4n) is 1.91. The summed E-state index contributed by atoms with van der Waals surface area (Å²) in [5.41, 5.74) is 6.61. The molecule has 0 radical (unpaired) electrons. The topological polar surface area (TPSA) is 83.4 Å². The Morgan fingerprint density at radius 3 is 2.95 bits per heavy atom. The second-order valence-corrected chi connectivity index (χ2v) is 4.29. The molecule has 1 atom stereocenters. The molecule has 6 nitrogen and oxygen atoms in total. The van der Waals surface area contributed by atoms with Crippen molar-refractivity contribution in [3.05, 3.63) is 24.1 Å². The van der Waals surface area contributed by atoms with E-state index in [0.29, 0.717) is 36.5 Å². The number of nitrogens with two attached hydrogens (primary N) is 1. The van der Waals surface area contributed by atoms with E-state index in [4.69, 9.17) is 19.6 Å². The van der Waals surface area contributed by atoms with Gasteiger partial charge >= 0.3 is 0 Å². The van der Waals surface area contributed by atoms with E-state index in [2.05, 4.69) is 10.2 Å². The van der Waals surface area contributed by atoms with Gasteiger partial charge in [0.1, 0.15) is 13.2 Å². The molecule has 19 heavy (non-hydrogen) atoms. The van der Waals surface area contributed by atoms with Crippen LogP contribution >= 0.6 is 0 Å². The Hall–Kier alpha value is -2.08. The highest BCUT2D eigenvalue weighted by Crippen LogP contribution is 2.39. The number of hydrogen-bond donors (Lipinski definition) is 1. The Morgan fingerprint density at radius 1 is 1.26 bits per heavy atom. The summed E-state index contributed by atoms with van der Waals surface area (Å²) in [6, 6.07) is 5.35. The van der Waals surface area contributed by atoms with Gasteiger partial charge in [-0.3, -0.25) is 0 Å². The summed E-state index contributed by atoms with van der Waals surface area (Å²) in [6.45, 7) is 3.03. The highest BCUT2D eigenvalue weighted by Gasteiger charge is 2.21. The van der Waals surface area contributed by atoms with Crippen molar-refractivity contribution in [1.82, 2.24) is 10.2 Å². The molecule has 100 valence electrons. The molecule has 0 amide bonds. The van der Waals surface area contributed by atoms with Gasteiger partial charge in [0.15, 0.2) is 11.5 Å². The summed E-state index contributed by atoms with van der Waals surface area (Å²) in [5.74, 6) is 2.19. The zero-order chi connectivity index (χ0) is 13.2. The van der Waals surface area contributed by atoms with Crippen molar-refractivity contribution in [1.29, 1.82) is 0 Å². The third kappa shape index (κ3) is 2.15. The molecule has 1 aliphatic rings. The van der Waals surface area contributed by atoms with Crippen molar-refractivity contribution >= 4 is 0 Å². The summed E-state index contributed by atoms with van der Waals surface area (Å²) >= 11 is 0. The van der Waals surface area contributed by atoms with Gasteiger partial charge in [0.25, 0.3) is 5.89 Å². The van der Waals surface area contributed by atoms with Gasteiger partial charge < -0.3 is 19.6 Å². The van der Waals surface area contributed by atoms with E-state index < -0.39 is 0 Å². The fraction of sp³-hybridized carbons (Fsp3) is 0.385. The third-order valence-corrected chi connectivity index (χ3v) is 2.99. The van der Waals surface area contributed by atoms with Crippen molar-refractivity contribution in [3.63, 3.8) is 0 Å². The molecule has 1 aromatic carbocycles. The van der Waals surface area contributed by atoms with Gasteiger partial charge in [-0.15, -0.1) is 10.2 Å². The predicted molar refractivity (Wildman–Crippen MR) is 67.9 cm³/mol. The third-order valence-electron chi connectivity index (χ3n) is 2.99. The van der Waals surface area contributed by atoms with Gasteiger partial charge in [-0.25, -0.2) is 0 Å². The summed E-state index contributed by atoms with van der Waals surface area (Å²) in [6.07, 6.45) is 0.744. The average Bonchev–Trinajstić information content (AvgIpc) is 2.95. The number of benzene rings is 1. The average molecular weight is 261 g/mol. The molecule has 1 aliphatic heterocycles. The smallest absolute Gasteiger partial charge is 0.251 e. The molecule has 0 fully saturated rings. The number of fused-ring (bicyclic) bond motifs is 1. The minimum Gasteiger partial charge on any atom is -0.486 e. The van der Waals surface area contributed by atoms with Gasteiger partial charge in [0.05, 0.1) is 11.6 Å². The highest BCUT2D eigenvalue weighted by atomic mass is 16.6. The molecule has 2 N–H and O–H groups in total. The molecule has 1 unspecified atom stereocenters. The number of ether oxygens (including phenoxy) is 2. The van der Waals surface area contributed by atoms with E-state index in [0.717, 1.165) is 12.0 Å². The lowest BCUT2D eigenvalue weighted by molar-refractivity contribution is 0.172. The maximum atomic E-state index is 5.87. The zero-order valence-electron chi connectivity index (χ0n) is 10.6. The molecule has 0 aliphatic carbocycles. The molecule has 2 aromatic rings. The minimum atomic E-state index is -0.238.